The van der Waals surface area contributed by atoms with Crippen LogP contribution in [0.1, 0.15) is 29.9 Å². The monoisotopic (exact) mass is 325 g/mol. The number of hydrogen-bond donors (Lipinski definition) is 1. The second-order valence-corrected chi connectivity index (χ2v) is 5.53. The van der Waals surface area contributed by atoms with Crippen LogP contribution in [-0.2, 0) is 13.0 Å². The molecule has 19 heavy (non-hydrogen) atoms. The molecule has 1 heterocycles. The molecule has 0 radical (unpaired) electrons. The van der Waals surface area contributed by atoms with E-state index in [0.29, 0.717) is 6.42 Å². The first-order chi connectivity index (χ1) is 8.99. The molecule has 0 fully saturated rings. The molecule has 1 aromatic heterocycles. The van der Waals surface area contributed by atoms with Gasteiger partial charge < -0.3 is 5.73 Å². The summed E-state index contributed by atoms with van der Waals surface area (Å²) < 4.78 is 16.0. The molecular weight excluding hydrogens is 309 g/mol. The minimum absolute atomic E-state index is 0.185. The van der Waals surface area contributed by atoms with Crippen LogP contribution >= 0.6 is 15.9 Å². The average Bonchev–Trinajstić information content (AvgIpc) is 2.69. The fraction of sp³-hybridized carbons (Fsp3) is 0.357. The first kappa shape index (κ1) is 14.2. The molecule has 0 aliphatic heterocycles. The molecule has 0 saturated heterocycles. The van der Waals surface area contributed by atoms with Gasteiger partial charge >= 0.3 is 0 Å². The van der Waals surface area contributed by atoms with E-state index in [9.17, 15) is 4.39 Å². The minimum atomic E-state index is -0.253. The maximum absolute atomic E-state index is 13.3. The summed E-state index contributed by atoms with van der Waals surface area (Å²) in [6, 6.07) is 6.65. The summed E-state index contributed by atoms with van der Waals surface area (Å²) in [4.78, 5) is 0. The Morgan fingerprint density at radius 2 is 2.11 bits per heavy atom. The zero-order valence-electron chi connectivity index (χ0n) is 11.0. The van der Waals surface area contributed by atoms with Gasteiger partial charge in [-0.3, -0.25) is 4.68 Å². The van der Waals surface area contributed by atoms with Gasteiger partial charge in [-0.2, -0.15) is 5.10 Å². The molecule has 1 atom stereocenters. The molecule has 0 bridgehead atoms. The van der Waals surface area contributed by atoms with Crippen LogP contribution in [0.2, 0.25) is 0 Å². The topological polar surface area (TPSA) is 43.8 Å². The Balaban J connectivity index is 2.22. The van der Waals surface area contributed by atoms with Gasteiger partial charge in [0.05, 0.1) is 17.4 Å². The third-order valence-electron chi connectivity index (χ3n) is 2.99. The fourth-order valence-corrected chi connectivity index (χ4v) is 2.72. The molecule has 2 aromatic rings. The maximum atomic E-state index is 13.3. The molecule has 2 N–H and O–H groups in total. The molecule has 5 heteroatoms. The molecule has 0 aliphatic carbocycles. The third kappa shape index (κ3) is 3.42. The largest absolute Gasteiger partial charge is 0.322 e. The van der Waals surface area contributed by atoms with Crippen LogP contribution in [0.5, 0.6) is 0 Å². The Morgan fingerprint density at radius 1 is 1.37 bits per heavy atom. The smallest absolute Gasteiger partial charge is 0.124 e. The van der Waals surface area contributed by atoms with Gasteiger partial charge in [0.2, 0.25) is 0 Å². The fourth-order valence-electron chi connectivity index (χ4n) is 2.20. The Morgan fingerprint density at radius 3 is 2.74 bits per heavy atom. The van der Waals surface area contributed by atoms with E-state index in [4.69, 9.17) is 5.73 Å². The van der Waals surface area contributed by atoms with Crippen molar-refractivity contribution in [1.82, 2.24) is 9.78 Å². The molecule has 0 aliphatic rings. The highest BCUT2D eigenvalue weighted by Gasteiger charge is 2.14. The van der Waals surface area contributed by atoms with Crippen LogP contribution in [0.3, 0.4) is 0 Å². The summed E-state index contributed by atoms with van der Waals surface area (Å²) in [7, 11) is 0. The number of rotatable bonds is 4. The minimum Gasteiger partial charge on any atom is -0.322 e. The van der Waals surface area contributed by atoms with Gasteiger partial charge in [-0.25, -0.2) is 4.39 Å². The highest BCUT2D eigenvalue weighted by atomic mass is 79.9. The first-order valence-electron chi connectivity index (χ1n) is 6.24. The summed E-state index contributed by atoms with van der Waals surface area (Å²) in [5.74, 6) is -0.253. The Kier molecular flexibility index (Phi) is 4.37. The van der Waals surface area contributed by atoms with Crippen molar-refractivity contribution in [3.05, 3.63) is 51.5 Å². The zero-order valence-corrected chi connectivity index (χ0v) is 12.6. The quantitative estimate of drug-likeness (QED) is 0.936. The van der Waals surface area contributed by atoms with Gasteiger partial charge in [-0.15, -0.1) is 0 Å². The zero-order chi connectivity index (χ0) is 14.0. The van der Waals surface area contributed by atoms with Crippen LogP contribution in [0.4, 0.5) is 4.39 Å². The van der Waals surface area contributed by atoms with Crippen LogP contribution in [0.15, 0.2) is 28.7 Å². The van der Waals surface area contributed by atoms with E-state index < -0.39 is 0 Å². The van der Waals surface area contributed by atoms with Crippen molar-refractivity contribution in [2.75, 3.05) is 0 Å². The van der Waals surface area contributed by atoms with E-state index in [2.05, 4.69) is 21.0 Å². The predicted octanol–water partition coefficient (Wildman–Crippen LogP) is 3.36. The third-order valence-corrected chi connectivity index (χ3v) is 3.45. The molecule has 0 saturated carbocycles. The summed E-state index contributed by atoms with van der Waals surface area (Å²) in [6.45, 7) is 4.76. The van der Waals surface area contributed by atoms with E-state index in [1.807, 2.05) is 30.7 Å². The van der Waals surface area contributed by atoms with Crippen LogP contribution in [0.25, 0.3) is 0 Å². The van der Waals surface area contributed by atoms with Gasteiger partial charge in [-0.1, -0.05) is 15.9 Å². The second kappa shape index (κ2) is 5.84. The van der Waals surface area contributed by atoms with E-state index >= 15 is 0 Å². The van der Waals surface area contributed by atoms with Gasteiger partial charge in [0, 0.05) is 11.0 Å². The van der Waals surface area contributed by atoms with Gasteiger partial charge in [0.25, 0.3) is 0 Å². The number of hydrogen-bond acceptors (Lipinski definition) is 2. The number of nitrogens with zero attached hydrogens (tertiary/aromatic N) is 2. The van der Waals surface area contributed by atoms with E-state index in [1.54, 1.807) is 0 Å². The lowest BCUT2D eigenvalue weighted by Gasteiger charge is -2.13. The number of aryl methyl sites for hydroxylation is 2. The van der Waals surface area contributed by atoms with Crippen molar-refractivity contribution in [3.8, 4) is 0 Å². The van der Waals surface area contributed by atoms with Crippen LogP contribution in [0, 0.1) is 12.7 Å². The van der Waals surface area contributed by atoms with Crippen LogP contribution < -0.4 is 5.73 Å². The number of aromatic nitrogens is 2. The predicted molar refractivity (Wildman–Crippen MR) is 77.4 cm³/mol. The number of benzene rings is 1. The van der Waals surface area contributed by atoms with Crippen molar-refractivity contribution in [3.63, 3.8) is 0 Å². The Bertz CT molecular complexity index is 560. The molecule has 0 spiro atoms. The van der Waals surface area contributed by atoms with Crippen molar-refractivity contribution in [2.24, 2.45) is 5.73 Å². The normalized spacial score (nSPS) is 12.7. The van der Waals surface area contributed by atoms with Gasteiger partial charge in [0.15, 0.2) is 0 Å². The van der Waals surface area contributed by atoms with E-state index in [-0.39, 0.29) is 11.9 Å². The standard InChI is InChI=1S/C14H17BrFN3/c1-3-19-14(4-9(2)18-19)13(17)7-10-5-11(15)8-12(16)6-10/h4-6,8,13H,3,7,17H2,1-2H3. The second-order valence-electron chi connectivity index (χ2n) is 4.61. The Hall–Kier alpha value is -1.20. The van der Waals surface area contributed by atoms with Gasteiger partial charge in [0.1, 0.15) is 5.82 Å². The number of nitrogens with two attached hydrogens (primary N) is 1. The SMILES string of the molecule is CCn1nc(C)cc1C(N)Cc1cc(F)cc(Br)c1. The summed E-state index contributed by atoms with van der Waals surface area (Å²) in [6.07, 6.45) is 0.585. The molecule has 3 nitrogen and oxygen atoms in total. The lowest BCUT2D eigenvalue weighted by atomic mass is 10.0. The number of halogens is 2. The highest BCUT2D eigenvalue weighted by molar-refractivity contribution is 9.10. The highest BCUT2D eigenvalue weighted by Crippen LogP contribution is 2.21. The lowest BCUT2D eigenvalue weighted by Crippen LogP contribution is -2.18. The van der Waals surface area contributed by atoms with Crippen molar-refractivity contribution >= 4 is 15.9 Å². The first-order valence-corrected chi connectivity index (χ1v) is 7.03. The molecule has 2 rings (SSSR count). The van der Waals surface area contributed by atoms with Crippen molar-refractivity contribution in [2.45, 2.75) is 32.9 Å². The van der Waals surface area contributed by atoms with Crippen molar-refractivity contribution < 1.29 is 4.39 Å². The molecule has 1 unspecified atom stereocenters. The molecule has 102 valence electrons. The maximum Gasteiger partial charge on any atom is 0.124 e. The summed E-state index contributed by atoms with van der Waals surface area (Å²) >= 11 is 3.29. The summed E-state index contributed by atoms with van der Waals surface area (Å²) in [5, 5.41) is 4.38. The summed E-state index contributed by atoms with van der Waals surface area (Å²) in [5.41, 5.74) is 9.03. The van der Waals surface area contributed by atoms with Crippen molar-refractivity contribution in [1.29, 1.82) is 0 Å². The Labute approximate surface area is 120 Å². The van der Waals surface area contributed by atoms with E-state index in [0.717, 1.165) is 28.0 Å². The molecular formula is C14H17BrFN3. The lowest BCUT2D eigenvalue weighted by molar-refractivity contribution is 0.564. The van der Waals surface area contributed by atoms with Crippen LogP contribution in [-0.4, -0.2) is 9.78 Å². The van der Waals surface area contributed by atoms with E-state index in [1.165, 1.54) is 12.1 Å². The average molecular weight is 326 g/mol. The molecule has 1 aromatic carbocycles. The van der Waals surface area contributed by atoms with Gasteiger partial charge in [-0.05, 0) is 50.1 Å². The molecule has 0 amide bonds.